The molecule has 10 heteroatoms. The topological polar surface area (TPSA) is 170 Å². The molecule has 4 N–H and O–H groups in total. The summed E-state index contributed by atoms with van der Waals surface area (Å²) in [7, 11) is -5.52. The normalized spacial score (nSPS) is 19.9. The second-order valence-corrected chi connectivity index (χ2v) is 3.99. The van der Waals surface area contributed by atoms with Gasteiger partial charge >= 0.3 is 0 Å². The highest BCUT2D eigenvalue weighted by Crippen LogP contribution is 2.28. The molecule has 0 unspecified atom stereocenters. The molecule has 0 saturated carbocycles. The summed E-state index contributed by atoms with van der Waals surface area (Å²) < 4.78 is 13.8. The van der Waals surface area contributed by atoms with Crippen LogP contribution >= 0.6 is 7.82 Å². The number of hydrogen-bond donors (Lipinski definition) is 4. The van der Waals surface area contributed by atoms with Crippen LogP contribution in [0, 0.1) is 0 Å². The van der Waals surface area contributed by atoms with Crippen LogP contribution in [0.15, 0.2) is 0 Å². The van der Waals surface area contributed by atoms with Crippen molar-refractivity contribution in [1.29, 1.82) is 0 Å². The maximum Gasteiger partial charge on any atom is 0.151 e. The number of rotatable bonds is 7. The second-order valence-electron chi connectivity index (χ2n) is 2.88. The van der Waals surface area contributed by atoms with Crippen LogP contribution in [0.1, 0.15) is 0 Å². The maximum absolute atomic E-state index is 10.3. The summed E-state index contributed by atoms with van der Waals surface area (Å²) in [5.41, 5.74) is 0. The van der Waals surface area contributed by atoms with E-state index in [1.165, 1.54) is 0 Å². The first kappa shape index (κ1) is 15.6. The van der Waals surface area contributed by atoms with Crippen molar-refractivity contribution in [2.75, 3.05) is 6.61 Å². The largest absolute Gasteiger partial charge is 0.790 e. The molecule has 0 aliphatic heterocycles. The fourth-order valence-corrected chi connectivity index (χ4v) is 1.32. The second kappa shape index (κ2) is 6.38. The van der Waals surface area contributed by atoms with E-state index in [9.17, 15) is 19.1 Å². The van der Waals surface area contributed by atoms with Gasteiger partial charge in [-0.25, -0.2) is 0 Å². The molecule has 0 rings (SSSR count). The van der Waals surface area contributed by atoms with Crippen LogP contribution in [0.25, 0.3) is 0 Å². The van der Waals surface area contributed by atoms with Gasteiger partial charge < -0.3 is 44.1 Å². The van der Waals surface area contributed by atoms with Crippen molar-refractivity contribution in [2.24, 2.45) is 0 Å². The molecule has 0 aromatic carbocycles. The number of carbonyl (C=O) groups excluding carboxylic acids is 1. The fourth-order valence-electron chi connectivity index (χ4n) is 0.847. The molecule has 0 aliphatic carbocycles. The summed E-state index contributed by atoms with van der Waals surface area (Å²) in [6.45, 7) is -0.934. The molecule has 4 atom stereocenters. The maximum atomic E-state index is 10.3. The van der Waals surface area contributed by atoms with Crippen molar-refractivity contribution in [1.82, 2.24) is 0 Å². The van der Waals surface area contributed by atoms with E-state index in [2.05, 4.69) is 4.52 Å². The Morgan fingerprint density at radius 2 is 1.75 bits per heavy atom. The zero-order chi connectivity index (χ0) is 12.9. The number of phosphoric acid groups is 1. The van der Waals surface area contributed by atoms with E-state index in [-0.39, 0.29) is 6.29 Å². The zero-order valence-corrected chi connectivity index (χ0v) is 8.77. The van der Waals surface area contributed by atoms with E-state index in [1.807, 2.05) is 0 Å². The first-order valence-electron chi connectivity index (χ1n) is 4.03. The molecular formula is C6H11O9P-2. The predicted molar refractivity (Wildman–Crippen MR) is 43.6 cm³/mol. The Balaban J connectivity index is 4.59. The highest BCUT2D eigenvalue weighted by Gasteiger charge is 2.32. The smallest absolute Gasteiger partial charge is 0.151 e. The molecule has 16 heavy (non-hydrogen) atoms. The summed E-state index contributed by atoms with van der Waals surface area (Å²) >= 11 is 0. The third-order valence-electron chi connectivity index (χ3n) is 1.65. The van der Waals surface area contributed by atoms with Gasteiger partial charge in [-0.2, -0.15) is 0 Å². The molecule has 0 saturated heterocycles. The van der Waals surface area contributed by atoms with Crippen molar-refractivity contribution in [3.63, 3.8) is 0 Å². The highest BCUT2D eigenvalue weighted by atomic mass is 31.2. The fraction of sp³-hybridized carbons (Fsp3) is 0.833. The van der Waals surface area contributed by atoms with Crippen LogP contribution < -0.4 is 9.79 Å². The van der Waals surface area contributed by atoms with E-state index in [0.29, 0.717) is 0 Å². The van der Waals surface area contributed by atoms with E-state index in [1.54, 1.807) is 0 Å². The quantitative estimate of drug-likeness (QED) is 0.259. The Labute approximate surface area is 90.2 Å². The Morgan fingerprint density at radius 1 is 1.25 bits per heavy atom. The summed E-state index contributed by atoms with van der Waals surface area (Å²) in [6, 6.07) is 0. The molecule has 0 heterocycles. The van der Waals surface area contributed by atoms with Crippen LogP contribution in [0.4, 0.5) is 0 Å². The standard InChI is InChI=1S/C6H13O9P/c7-1-3(9)5(10)6(11)4(2-8)15-16(12,13)14/h2-7,9-11H,1H2,(H2,12,13,14)/p-2/t3-,4+,5-,6-/m1/s1. The van der Waals surface area contributed by atoms with Crippen molar-refractivity contribution in [3.8, 4) is 0 Å². The summed E-state index contributed by atoms with van der Waals surface area (Å²) in [5.74, 6) is 0. The van der Waals surface area contributed by atoms with Crippen LogP contribution in [0.3, 0.4) is 0 Å². The average Bonchev–Trinajstić information content (AvgIpc) is 2.21. The van der Waals surface area contributed by atoms with E-state index in [4.69, 9.17) is 20.4 Å². The zero-order valence-electron chi connectivity index (χ0n) is 7.87. The number of phosphoric ester groups is 1. The molecule has 96 valence electrons. The molecule has 0 fully saturated rings. The van der Waals surface area contributed by atoms with Gasteiger partial charge in [0.25, 0.3) is 0 Å². The molecular weight excluding hydrogens is 247 g/mol. The summed E-state index contributed by atoms with van der Waals surface area (Å²) in [5, 5.41) is 35.6. The number of aldehydes is 1. The van der Waals surface area contributed by atoms with Crippen LogP contribution in [0.5, 0.6) is 0 Å². The van der Waals surface area contributed by atoms with Crippen molar-refractivity contribution < 1.29 is 44.1 Å². The lowest BCUT2D eigenvalue weighted by Gasteiger charge is -2.34. The third kappa shape index (κ3) is 5.10. The van der Waals surface area contributed by atoms with E-state index < -0.39 is 38.8 Å². The van der Waals surface area contributed by atoms with E-state index >= 15 is 0 Å². The first-order chi connectivity index (χ1) is 7.22. The molecule has 0 aromatic rings. The molecule has 9 nitrogen and oxygen atoms in total. The monoisotopic (exact) mass is 258 g/mol. The van der Waals surface area contributed by atoms with Crippen LogP contribution in [0.2, 0.25) is 0 Å². The molecule has 0 amide bonds. The Bertz CT molecular complexity index is 263. The van der Waals surface area contributed by atoms with Crippen LogP contribution in [-0.4, -0.2) is 57.7 Å². The van der Waals surface area contributed by atoms with Crippen molar-refractivity contribution in [3.05, 3.63) is 0 Å². The summed E-state index contributed by atoms with van der Waals surface area (Å²) in [4.78, 5) is 30.6. The predicted octanol–water partition coefficient (Wildman–Crippen LogP) is -4.53. The number of hydrogen-bond acceptors (Lipinski definition) is 9. The Kier molecular flexibility index (Phi) is 6.23. The Hall–Kier alpha value is -0.380. The van der Waals surface area contributed by atoms with Crippen LogP contribution in [-0.2, 0) is 13.9 Å². The Morgan fingerprint density at radius 3 is 2.06 bits per heavy atom. The van der Waals surface area contributed by atoms with Gasteiger partial charge in [-0.15, -0.1) is 0 Å². The molecule has 0 bridgehead atoms. The molecule has 0 spiro atoms. The van der Waals surface area contributed by atoms with Gasteiger partial charge in [0.1, 0.15) is 24.4 Å². The van der Waals surface area contributed by atoms with Gasteiger partial charge in [0.15, 0.2) is 6.29 Å². The average molecular weight is 258 g/mol. The van der Waals surface area contributed by atoms with Gasteiger partial charge in [-0.05, 0) is 0 Å². The third-order valence-corrected chi connectivity index (χ3v) is 2.15. The lowest BCUT2D eigenvalue weighted by molar-refractivity contribution is -0.346. The highest BCUT2D eigenvalue weighted by molar-refractivity contribution is 7.43. The SMILES string of the molecule is O=C[C@H](OP(=O)([O-])[O-])[C@@H](O)[C@H](O)[C@H](O)CO. The molecule has 0 aliphatic rings. The van der Waals surface area contributed by atoms with Crippen molar-refractivity contribution >= 4 is 14.1 Å². The van der Waals surface area contributed by atoms with Gasteiger partial charge in [0, 0.05) is 0 Å². The van der Waals surface area contributed by atoms with Gasteiger partial charge in [0.05, 0.1) is 14.4 Å². The minimum atomic E-state index is -5.52. The number of carbonyl (C=O) groups is 1. The minimum absolute atomic E-state index is 0.222. The molecule has 0 radical (unpaired) electrons. The minimum Gasteiger partial charge on any atom is -0.790 e. The summed E-state index contributed by atoms with van der Waals surface area (Å²) in [6.07, 6.45) is -8.36. The van der Waals surface area contributed by atoms with Gasteiger partial charge in [-0.1, -0.05) is 0 Å². The van der Waals surface area contributed by atoms with Crippen molar-refractivity contribution in [2.45, 2.75) is 24.4 Å². The van der Waals surface area contributed by atoms with Gasteiger partial charge in [-0.3, -0.25) is 0 Å². The molecule has 0 aromatic heterocycles. The van der Waals surface area contributed by atoms with Gasteiger partial charge in [0.2, 0.25) is 0 Å². The lowest BCUT2D eigenvalue weighted by Crippen LogP contribution is -2.47. The lowest BCUT2D eigenvalue weighted by atomic mass is 10.0. The first-order valence-corrected chi connectivity index (χ1v) is 5.49. The number of aliphatic hydroxyl groups excluding tert-OH is 4. The number of aliphatic hydroxyl groups is 4. The van der Waals surface area contributed by atoms with E-state index in [0.717, 1.165) is 0 Å².